The van der Waals surface area contributed by atoms with E-state index < -0.39 is 10.0 Å². The molecule has 0 bridgehead atoms. The van der Waals surface area contributed by atoms with E-state index in [2.05, 4.69) is 20.1 Å². The number of nitrogens with one attached hydrogen (secondary N) is 2. The number of sulfonamides is 1. The number of benzene rings is 2. The van der Waals surface area contributed by atoms with Gasteiger partial charge < -0.3 is 5.32 Å². The van der Waals surface area contributed by atoms with Crippen molar-refractivity contribution >= 4 is 32.7 Å². The molecule has 31 heavy (non-hydrogen) atoms. The summed E-state index contributed by atoms with van der Waals surface area (Å²) in [7, 11) is -3.40. The molecule has 2 heterocycles. The van der Waals surface area contributed by atoms with Gasteiger partial charge in [-0.25, -0.2) is 22.5 Å². The molecular weight excluding hydrogens is 421 g/mol. The maximum Gasteiger partial charge on any atom is 0.252 e. The minimum atomic E-state index is -3.40. The maximum atomic E-state index is 13.2. The minimum Gasteiger partial charge on any atom is -0.348 e. The smallest absolute Gasteiger partial charge is 0.252 e. The Balaban J connectivity index is 1.51. The van der Waals surface area contributed by atoms with Crippen molar-refractivity contribution in [1.82, 2.24) is 20.1 Å². The highest BCUT2D eigenvalue weighted by Crippen LogP contribution is 2.22. The molecule has 4 rings (SSSR count). The van der Waals surface area contributed by atoms with E-state index in [1.807, 2.05) is 6.07 Å². The minimum absolute atomic E-state index is 0.204. The van der Waals surface area contributed by atoms with Crippen molar-refractivity contribution in [3.8, 4) is 5.69 Å². The van der Waals surface area contributed by atoms with Crippen LogP contribution in [0.4, 0.5) is 10.2 Å². The second kappa shape index (κ2) is 8.15. The van der Waals surface area contributed by atoms with E-state index in [1.54, 1.807) is 41.2 Å². The van der Waals surface area contributed by atoms with Crippen molar-refractivity contribution in [3.05, 3.63) is 83.9 Å². The number of rotatable bonds is 6. The summed E-state index contributed by atoms with van der Waals surface area (Å²) < 4.78 is 39.6. The average Bonchev–Trinajstić information content (AvgIpc) is 3.17. The SMILES string of the molecule is CS(=O)(=O)Nc1ccc(CNC(=O)c2cccc3c2cnn3-c2ccc(F)cc2)cn1. The van der Waals surface area contributed by atoms with Gasteiger partial charge in [-0.2, -0.15) is 5.10 Å². The largest absolute Gasteiger partial charge is 0.348 e. The van der Waals surface area contributed by atoms with Crippen LogP contribution in [0.2, 0.25) is 0 Å². The maximum absolute atomic E-state index is 13.2. The molecule has 0 spiro atoms. The van der Waals surface area contributed by atoms with Crippen LogP contribution in [0.1, 0.15) is 15.9 Å². The fraction of sp³-hybridized carbons (Fsp3) is 0.0952. The summed E-state index contributed by atoms with van der Waals surface area (Å²) in [4.78, 5) is 16.8. The van der Waals surface area contributed by atoms with Gasteiger partial charge in [0.05, 0.1) is 29.2 Å². The Hall–Kier alpha value is -3.79. The van der Waals surface area contributed by atoms with Crippen LogP contribution in [-0.4, -0.2) is 35.3 Å². The predicted molar refractivity (Wildman–Crippen MR) is 115 cm³/mol. The van der Waals surface area contributed by atoms with E-state index in [4.69, 9.17) is 0 Å². The Morgan fingerprint density at radius 3 is 2.52 bits per heavy atom. The third-order valence-corrected chi connectivity index (χ3v) is 5.08. The van der Waals surface area contributed by atoms with E-state index >= 15 is 0 Å². The van der Waals surface area contributed by atoms with Crippen LogP contribution in [0.15, 0.2) is 67.0 Å². The molecule has 10 heteroatoms. The molecule has 0 aliphatic carbocycles. The number of fused-ring (bicyclic) bond motifs is 1. The summed E-state index contributed by atoms with van der Waals surface area (Å²) in [5, 5.41) is 7.83. The zero-order chi connectivity index (χ0) is 22.0. The Labute approximate surface area is 177 Å². The highest BCUT2D eigenvalue weighted by molar-refractivity contribution is 7.92. The molecule has 0 fully saturated rings. The molecule has 2 aromatic heterocycles. The lowest BCUT2D eigenvalue weighted by Crippen LogP contribution is -2.23. The summed E-state index contributed by atoms with van der Waals surface area (Å²) >= 11 is 0. The average molecular weight is 439 g/mol. The molecule has 2 aromatic carbocycles. The molecule has 158 valence electrons. The van der Waals surface area contributed by atoms with E-state index in [0.717, 1.165) is 11.8 Å². The third-order valence-electron chi connectivity index (χ3n) is 4.50. The molecule has 0 saturated heterocycles. The van der Waals surface area contributed by atoms with Gasteiger partial charge in [0.1, 0.15) is 11.6 Å². The number of halogens is 1. The van der Waals surface area contributed by atoms with Gasteiger partial charge in [0.2, 0.25) is 10.0 Å². The molecule has 0 atom stereocenters. The number of carbonyl (C=O) groups excluding carboxylic acids is 1. The van der Waals surface area contributed by atoms with Crippen LogP contribution >= 0.6 is 0 Å². The summed E-state index contributed by atoms with van der Waals surface area (Å²) in [6, 6.07) is 14.4. The van der Waals surface area contributed by atoms with Gasteiger partial charge in [-0.05, 0) is 48.0 Å². The molecule has 0 unspecified atom stereocenters. The number of nitrogens with zero attached hydrogens (tertiary/aromatic N) is 3. The molecule has 0 saturated carbocycles. The van der Waals surface area contributed by atoms with E-state index in [0.29, 0.717) is 22.2 Å². The van der Waals surface area contributed by atoms with Crippen LogP contribution in [0.5, 0.6) is 0 Å². The third kappa shape index (κ3) is 4.69. The summed E-state index contributed by atoms with van der Waals surface area (Å²) in [6.45, 7) is 0.216. The van der Waals surface area contributed by atoms with E-state index in [9.17, 15) is 17.6 Å². The summed E-state index contributed by atoms with van der Waals surface area (Å²) in [5.41, 5.74) is 2.57. The van der Waals surface area contributed by atoms with Crippen molar-refractivity contribution in [2.75, 3.05) is 11.0 Å². The first-order chi connectivity index (χ1) is 14.8. The second-order valence-electron chi connectivity index (χ2n) is 6.88. The zero-order valence-electron chi connectivity index (χ0n) is 16.4. The van der Waals surface area contributed by atoms with Crippen molar-refractivity contribution < 1.29 is 17.6 Å². The number of anilines is 1. The molecule has 8 nitrogen and oxygen atoms in total. The molecule has 0 aliphatic rings. The van der Waals surface area contributed by atoms with Gasteiger partial charge in [0, 0.05) is 18.1 Å². The van der Waals surface area contributed by atoms with Crippen molar-refractivity contribution in [3.63, 3.8) is 0 Å². The van der Waals surface area contributed by atoms with Gasteiger partial charge in [0.15, 0.2) is 0 Å². The lowest BCUT2D eigenvalue weighted by Gasteiger charge is -2.08. The predicted octanol–water partition coefficient (Wildman–Crippen LogP) is 2.86. The lowest BCUT2D eigenvalue weighted by atomic mass is 10.1. The molecule has 0 aliphatic heterocycles. The van der Waals surface area contributed by atoms with Gasteiger partial charge in [-0.15, -0.1) is 0 Å². The first-order valence-electron chi connectivity index (χ1n) is 9.24. The van der Waals surface area contributed by atoms with Crippen molar-refractivity contribution in [1.29, 1.82) is 0 Å². The highest BCUT2D eigenvalue weighted by Gasteiger charge is 2.14. The summed E-state index contributed by atoms with van der Waals surface area (Å²) in [6.07, 6.45) is 4.13. The fourth-order valence-corrected chi connectivity index (χ4v) is 3.59. The Morgan fingerprint density at radius 2 is 1.84 bits per heavy atom. The monoisotopic (exact) mass is 439 g/mol. The fourth-order valence-electron chi connectivity index (χ4n) is 3.09. The number of amides is 1. The molecule has 2 N–H and O–H groups in total. The van der Waals surface area contributed by atoms with Crippen LogP contribution in [0, 0.1) is 5.82 Å². The Morgan fingerprint density at radius 1 is 1.06 bits per heavy atom. The lowest BCUT2D eigenvalue weighted by molar-refractivity contribution is 0.0952. The first kappa shape index (κ1) is 20.5. The van der Waals surface area contributed by atoms with Crippen LogP contribution < -0.4 is 10.0 Å². The number of aromatic nitrogens is 3. The van der Waals surface area contributed by atoms with Crippen LogP contribution in [-0.2, 0) is 16.6 Å². The van der Waals surface area contributed by atoms with Gasteiger partial charge in [-0.1, -0.05) is 12.1 Å². The van der Waals surface area contributed by atoms with Crippen LogP contribution in [0.25, 0.3) is 16.6 Å². The number of carbonyl (C=O) groups is 1. The highest BCUT2D eigenvalue weighted by atomic mass is 32.2. The normalized spacial score (nSPS) is 11.4. The molecule has 0 radical (unpaired) electrons. The van der Waals surface area contributed by atoms with Gasteiger partial charge in [0.25, 0.3) is 5.91 Å². The van der Waals surface area contributed by atoms with E-state index in [1.165, 1.54) is 24.4 Å². The Kier molecular flexibility index (Phi) is 5.38. The molecule has 4 aromatic rings. The Bertz CT molecular complexity index is 1350. The van der Waals surface area contributed by atoms with Gasteiger partial charge >= 0.3 is 0 Å². The second-order valence-corrected chi connectivity index (χ2v) is 8.63. The van der Waals surface area contributed by atoms with Crippen molar-refractivity contribution in [2.45, 2.75) is 6.54 Å². The molecular formula is C21H18FN5O3S. The topological polar surface area (TPSA) is 106 Å². The van der Waals surface area contributed by atoms with Gasteiger partial charge in [-0.3, -0.25) is 9.52 Å². The number of pyridine rings is 1. The quantitative estimate of drug-likeness (QED) is 0.481. The van der Waals surface area contributed by atoms with E-state index in [-0.39, 0.29) is 24.1 Å². The first-order valence-corrected chi connectivity index (χ1v) is 11.1. The number of hydrogen-bond acceptors (Lipinski definition) is 5. The zero-order valence-corrected chi connectivity index (χ0v) is 17.2. The van der Waals surface area contributed by atoms with Crippen LogP contribution in [0.3, 0.4) is 0 Å². The standard InChI is InChI=1S/C21H18FN5O3S/c1-31(29,30)26-20-10-5-14(11-23-20)12-24-21(28)17-3-2-4-19-18(17)13-25-27(19)16-8-6-15(22)7-9-16/h2-11,13H,12H2,1H3,(H,23,26)(H,24,28). The molecule has 1 amide bonds. The summed E-state index contributed by atoms with van der Waals surface area (Å²) in [5.74, 6) is -0.423. The number of hydrogen-bond donors (Lipinski definition) is 2. The van der Waals surface area contributed by atoms with Crippen molar-refractivity contribution in [2.24, 2.45) is 0 Å².